The minimum absolute atomic E-state index is 0.00527. The van der Waals surface area contributed by atoms with E-state index in [0.29, 0.717) is 5.92 Å². The number of piperidine rings is 1. The molecule has 1 aliphatic heterocycles. The van der Waals surface area contributed by atoms with Gasteiger partial charge in [-0.2, -0.15) is 14.7 Å². The van der Waals surface area contributed by atoms with Crippen LogP contribution in [-0.4, -0.2) is 47.5 Å². The molecule has 1 fully saturated rings. The highest BCUT2D eigenvalue weighted by atomic mass is 15.4. The molecule has 0 N–H and O–H groups in total. The van der Waals surface area contributed by atoms with Crippen LogP contribution < -0.4 is 4.90 Å². The fourth-order valence-electron chi connectivity index (χ4n) is 3.90. The molecule has 0 aliphatic carbocycles. The summed E-state index contributed by atoms with van der Waals surface area (Å²) in [4.78, 5) is 6.94. The Hall–Kier alpha value is -3.03. The lowest BCUT2D eigenvalue weighted by atomic mass is 9.92. The Morgan fingerprint density at radius 2 is 1.82 bits per heavy atom. The summed E-state index contributed by atoms with van der Waals surface area (Å²) in [6.07, 6.45) is 7.50. The average Bonchev–Trinajstić information content (AvgIpc) is 3.33. The first-order chi connectivity index (χ1) is 13.5. The van der Waals surface area contributed by atoms with Crippen molar-refractivity contribution in [2.75, 3.05) is 18.0 Å². The van der Waals surface area contributed by atoms with Crippen LogP contribution in [0.2, 0.25) is 0 Å². The summed E-state index contributed by atoms with van der Waals surface area (Å²) in [5.41, 5.74) is 2.91. The van der Waals surface area contributed by atoms with E-state index in [1.54, 1.807) is 0 Å². The van der Waals surface area contributed by atoms with Crippen LogP contribution in [0.3, 0.4) is 0 Å². The second-order valence-corrected chi connectivity index (χ2v) is 8.47. The first-order valence-corrected chi connectivity index (χ1v) is 9.77. The third-order valence-electron chi connectivity index (χ3n) is 5.52. The summed E-state index contributed by atoms with van der Waals surface area (Å²) < 4.78 is 3.81. The molecular weight excluding hydrogens is 352 g/mol. The van der Waals surface area contributed by atoms with Gasteiger partial charge in [0, 0.05) is 36.8 Å². The van der Waals surface area contributed by atoms with Gasteiger partial charge in [-0.15, -0.1) is 10.2 Å². The zero-order valence-electron chi connectivity index (χ0n) is 16.4. The summed E-state index contributed by atoms with van der Waals surface area (Å²) in [5, 5.41) is 18.0. The Kier molecular flexibility index (Phi) is 3.82. The molecule has 0 saturated carbocycles. The van der Waals surface area contributed by atoms with Crippen LogP contribution in [0.15, 0.2) is 36.8 Å². The summed E-state index contributed by atoms with van der Waals surface area (Å²) in [6.45, 7) is 8.38. The zero-order chi connectivity index (χ0) is 19.3. The van der Waals surface area contributed by atoms with Crippen molar-refractivity contribution >= 4 is 17.0 Å². The molecule has 0 unspecified atom stereocenters. The van der Waals surface area contributed by atoms with Gasteiger partial charge in [-0.05, 0) is 31.0 Å². The van der Waals surface area contributed by atoms with E-state index in [1.807, 2.05) is 45.8 Å². The van der Waals surface area contributed by atoms with Gasteiger partial charge < -0.3 is 4.90 Å². The second-order valence-electron chi connectivity index (χ2n) is 8.47. The maximum absolute atomic E-state index is 4.85. The van der Waals surface area contributed by atoms with Crippen molar-refractivity contribution in [1.29, 1.82) is 0 Å². The fraction of sp³-hybridized carbons (Fsp3) is 0.450. The number of rotatable bonds is 2. The van der Waals surface area contributed by atoms with Gasteiger partial charge in [-0.3, -0.25) is 0 Å². The standard InChI is InChI=1S/C20H24N8/c1-20(2,3)16-4-5-17-23-24-18(28(17)25-16)14-7-11-26(12-8-14)19-15-6-9-22-27(15)13-10-21-19/h4-6,9-10,13-14H,7-8,11-12H2,1-3H3. The molecule has 0 amide bonds. The predicted octanol–water partition coefficient (Wildman–Crippen LogP) is 2.85. The summed E-state index contributed by atoms with van der Waals surface area (Å²) >= 11 is 0. The largest absolute Gasteiger partial charge is 0.355 e. The van der Waals surface area contributed by atoms with Crippen LogP contribution in [0, 0.1) is 0 Å². The minimum atomic E-state index is -0.00527. The van der Waals surface area contributed by atoms with E-state index in [1.165, 1.54) is 0 Å². The number of hydrogen-bond donors (Lipinski definition) is 0. The summed E-state index contributed by atoms with van der Waals surface area (Å²) in [5.74, 6) is 2.31. The van der Waals surface area contributed by atoms with Gasteiger partial charge in [0.2, 0.25) is 0 Å². The van der Waals surface area contributed by atoms with E-state index in [0.717, 1.165) is 54.4 Å². The van der Waals surface area contributed by atoms with Gasteiger partial charge in [0.1, 0.15) is 5.52 Å². The quantitative estimate of drug-likeness (QED) is 0.535. The Bertz CT molecular complexity index is 1130. The van der Waals surface area contributed by atoms with E-state index >= 15 is 0 Å². The van der Waals surface area contributed by atoms with Gasteiger partial charge in [0.25, 0.3) is 0 Å². The average molecular weight is 376 g/mol. The number of fused-ring (bicyclic) bond motifs is 2. The minimum Gasteiger partial charge on any atom is -0.355 e. The molecule has 144 valence electrons. The van der Waals surface area contributed by atoms with Crippen LogP contribution in [0.5, 0.6) is 0 Å². The van der Waals surface area contributed by atoms with Gasteiger partial charge in [0.05, 0.1) is 11.9 Å². The lowest BCUT2D eigenvalue weighted by Gasteiger charge is -2.32. The van der Waals surface area contributed by atoms with Crippen molar-refractivity contribution in [3.63, 3.8) is 0 Å². The molecule has 4 aromatic rings. The third kappa shape index (κ3) is 2.80. The molecule has 8 nitrogen and oxygen atoms in total. The Labute approximate surface area is 163 Å². The molecule has 0 spiro atoms. The third-order valence-corrected chi connectivity index (χ3v) is 5.52. The Morgan fingerprint density at radius 3 is 2.61 bits per heavy atom. The number of hydrogen-bond acceptors (Lipinski definition) is 6. The Morgan fingerprint density at radius 1 is 1.00 bits per heavy atom. The van der Waals surface area contributed by atoms with Crippen LogP contribution in [0.1, 0.15) is 51.0 Å². The van der Waals surface area contributed by atoms with Crippen LogP contribution in [-0.2, 0) is 5.41 Å². The molecule has 28 heavy (non-hydrogen) atoms. The van der Waals surface area contributed by atoms with Crippen molar-refractivity contribution < 1.29 is 0 Å². The second kappa shape index (κ2) is 6.25. The SMILES string of the molecule is CC(C)(C)c1ccc2nnc(C3CCN(c4nccn5nccc45)CC3)n2n1. The van der Waals surface area contributed by atoms with Crippen LogP contribution >= 0.6 is 0 Å². The van der Waals surface area contributed by atoms with Crippen molar-refractivity contribution in [3.05, 3.63) is 48.3 Å². The molecule has 5 rings (SSSR count). The highest BCUT2D eigenvalue weighted by Crippen LogP contribution is 2.30. The first kappa shape index (κ1) is 17.1. The van der Waals surface area contributed by atoms with Gasteiger partial charge >= 0.3 is 0 Å². The molecule has 0 bridgehead atoms. The van der Waals surface area contributed by atoms with Crippen molar-refractivity contribution in [2.24, 2.45) is 0 Å². The van der Waals surface area contributed by atoms with Crippen LogP contribution in [0.4, 0.5) is 5.82 Å². The number of nitrogens with zero attached hydrogens (tertiary/aromatic N) is 8. The molecule has 0 aromatic carbocycles. The molecule has 1 aliphatic rings. The Balaban J connectivity index is 1.40. The normalized spacial score (nSPS) is 16.3. The van der Waals surface area contributed by atoms with E-state index < -0.39 is 0 Å². The smallest absolute Gasteiger partial charge is 0.177 e. The summed E-state index contributed by atoms with van der Waals surface area (Å²) in [7, 11) is 0. The van der Waals surface area contributed by atoms with Gasteiger partial charge in [-0.1, -0.05) is 20.8 Å². The molecule has 1 saturated heterocycles. The molecule has 5 heterocycles. The first-order valence-electron chi connectivity index (χ1n) is 9.77. The lowest BCUT2D eigenvalue weighted by Crippen LogP contribution is -2.34. The topological polar surface area (TPSA) is 76.5 Å². The number of anilines is 1. The lowest BCUT2D eigenvalue weighted by molar-refractivity contribution is 0.471. The van der Waals surface area contributed by atoms with Gasteiger partial charge in [-0.25, -0.2) is 9.50 Å². The highest BCUT2D eigenvalue weighted by molar-refractivity contribution is 5.68. The molecule has 0 atom stereocenters. The maximum Gasteiger partial charge on any atom is 0.177 e. The van der Waals surface area contributed by atoms with Crippen molar-refractivity contribution in [2.45, 2.75) is 44.9 Å². The van der Waals surface area contributed by atoms with Crippen LogP contribution in [0.25, 0.3) is 11.2 Å². The predicted molar refractivity (Wildman–Crippen MR) is 107 cm³/mol. The zero-order valence-corrected chi connectivity index (χ0v) is 16.4. The number of aromatic nitrogens is 7. The van der Waals surface area contributed by atoms with E-state index in [-0.39, 0.29) is 5.41 Å². The molecule has 8 heteroatoms. The van der Waals surface area contributed by atoms with E-state index in [9.17, 15) is 0 Å². The van der Waals surface area contributed by atoms with Gasteiger partial charge in [0.15, 0.2) is 17.3 Å². The molecule has 4 aromatic heterocycles. The van der Waals surface area contributed by atoms with Crippen molar-refractivity contribution in [1.82, 2.24) is 34.4 Å². The monoisotopic (exact) mass is 376 g/mol. The molecule has 0 radical (unpaired) electrons. The maximum atomic E-state index is 4.85. The van der Waals surface area contributed by atoms with Crippen molar-refractivity contribution in [3.8, 4) is 0 Å². The highest BCUT2D eigenvalue weighted by Gasteiger charge is 2.27. The van der Waals surface area contributed by atoms with E-state index in [2.05, 4.69) is 46.0 Å². The fourth-order valence-corrected chi connectivity index (χ4v) is 3.90. The summed E-state index contributed by atoms with van der Waals surface area (Å²) in [6, 6.07) is 6.08. The molecular formula is C20H24N8. The van der Waals surface area contributed by atoms with E-state index in [4.69, 9.17) is 5.10 Å².